The van der Waals surface area contributed by atoms with Gasteiger partial charge in [-0.3, -0.25) is 0 Å². The molecular weight excluding hydrogens is 332 g/mol. The van der Waals surface area contributed by atoms with Crippen molar-refractivity contribution in [3.63, 3.8) is 0 Å². The van der Waals surface area contributed by atoms with E-state index in [1.807, 2.05) is 32.0 Å². The lowest BCUT2D eigenvalue weighted by molar-refractivity contribution is 0.792. The number of fused-ring (bicyclic) bond motifs is 3. The maximum atomic E-state index is 4.89. The molecule has 0 aliphatic carbocycles. The number of rotatable bonds is 5. The largest absolute Gasteiger partial charge is 0.371 e. The van der Waals surface area contributed by atoms with Crippen molar-refractivity contribution in [1.29, 1.82) is 0 Å². The van der Waals surface area contributed by atoms with Gasteiger partial charge in [-0.15, -0.1) is 0 Å². The van der Waals surface area contributed by atoms with E-state index in [1.165, 1.54) is 5.56 Å². The Hall–Kier alpha value is -2.51. The van der Waals surface area contributed by atoms with Crippen molar-refractivity contribution >= 4 is 38.5 Å². The lowest BCUT2D eigenvalue weighted by Crippen LogP contribution is -2.10. The van der Waals surface area contributed by atoms with E-state index >= 15 is 0 Å². The second-order valence-electron chi connectivity index (χ2n) is 5.99. The molecule has 0 fully saturated rings. The molecule has 2 N–H and O–H groups in total. The molecule has 0 unspecified atom stereocenters. The third-order valence-corrected chi connectivity index (χ3v) is 5.28. The summed E-state index contributed by atoms with van der Waals surface area (Å²) < 4.78 is 2.01. The van der Waals surface area contributed by atoms with E-state index in [0.717, 1.165) is 50.7 Å². The summed E-state index contributed by atoms with van der Waals surface area (Å²) in [4.78, 5) is 15.0. The smallest absolute Gasteiger partial charge is 0.155 e. The summed E-state index contributed by atoms with van der Waals surface area (Å²) in [5, 5.41) is 7.33. The van der Waals surface area contributed by atoms with Gasteiger partial charge in [0.15, 0.2) is 5.82 Å². The first-order valence-corrected chi connectivity index (χ1v) is 9.06. The minimum atomic E-state index is 0.793. The van der Waals surface area contributed by atoms with E-state index in [4.69, 9.17) is 9.97 Å². The van der Waals surface area contributed by atoms with Crippen LogP contribution in [0.25, 0.3) is 32.0 Å². The number of anilines is 1. The number of imidazole rings is 1. The third-order valence-electron chi connectivity index (χ3n) is 4.28. The molecule has 25 heavy (non-hydrogen) atoms. The molecule has 7 heteroatoms. The van der Waals surface area contributed by atoms with E-state index in [2.05, 4.69) is 39.9 Å². The van der Waals surface area contributed by atoms with Gasteiger partial charge in [-0.1, -0.05) is 29.5 Å². The SMILES string of the molecule is CNCCc1cccc(-c2nc3c(nc(NC)c4ncn(C)c43)s2)c1. The van der Waals surface area contributed by atoms with E-state index < -0.39 is 0 Å². The van der Waals surface area contributed by atoms with Crippen LogP contribution in [0.5, 0.6) is 0 Å². The van der Waals surface area contributed by atoms with Gasteiger partial charge in [-0.25, -0.2) is 15.0 Å². The van der Waals surface area contributed by atoms with Crippen molar-refractivity contribution in [2.75, 3.05) is 26.0 Å². The molecule has 0 amide bonds. The molecule has 3 heterocycles. The summed E-state index contributed by atoms with van der Waals surface area (Å²) in [5.41, 5.74) is 5.23. The van der Waals surface area contributed by atoms with Crippen LogP contribution in [0.3, 0.4) is 0 Å². The van der Waals surface area contributed by atoms with Crippen LogP contribution >= 0.6 is 11.3 Å². The Morgan fingerprint density at radius 2 is 2.04 bits per heavy atom. The van der Waals surface area contributed by atoms with Gasteiger partial charge in [-0.2, -0.15) is 0 Å². The second-order valence-corrected chi connectivity index (χ2v) is 6.97. The fourth-order valence-corrected chi connectivity index (χ4v) is 3.95. The van der Waals surface area contributed by atoms with Crippen molar-refractivity contribution in [2.24, 2.45) is 7.05 Å². The highest BCUT2D eigenvalue weighted by Crippen LogP contribution is 2.35. The van der Waals surface area contributed by atoms with Crippen LogP contribution in [0.4, 0.5) is 5.82 Å². The van der Waals surface area contributed by atoms with Crippen molar-refractivity contribution in [3.05, 3.63) is 36.2 Å². The Labute approximate surface area is 149 Å². The van der Waals surface area contributed by atoms with E-state index in [-0.39, 0.29) is 0 Å². The standard InChI is InChI=1S/C18H20N6S/c1-19-8-7-11-5-4-6-12(9-11)17-22-14-15-13(21-10-24(15)3)16(20-2)23-18(14)25-17/h4-6,9-10,19H,7-8H2,1-3H3,(H,20,23). The van der Waals surface area contributed by atoms with Crippen LogP contribution in [-0.2, 0) is 13.5 Å². The van der Waals surface area contributed by atoms with Crippen LogP contribution in [0, 0.1) is 0 Å². The molecule has 0 spiro atoms. The summed E-state index contributed by atoms with van der Waals surface area (Å²) in [6.07, 6.45) is 2.81. The van der Waals surface area contributed by atoms with Gasteiger partial charge in [0.1, 0.15) is 26.4 Å². The minimum absolute atomic E-state index is 0.793. The fourth-order valence-electron chi connectivity index (χ4n) is 3.01. The molecule has 0 aliphatic heterocycles. The number of thiazole rings is 1. The fraction of sp³-hybridized carbons (Fsp3) is 0.278. The summed E-state index contributed by atoms with van der Waals surface area (Å²) in [7, 11) is 5.84. The topological polar surface area (TPSA) is 67.7 Å². The van der Waals surface area contributed by atoms with Gasteiger partial charge < -0.3 is 15.2 Å². The van der Waals surface area contributed by atoms with Crippen LogP contribution < -0.4 is 10.6 Å². The van der Waals surface area contributed by atoms with Crippen molar-refractivity contribution in [2.45, 2.75) is 6.42 Å². The summed E-state index contributed by atoms with van der Waals surface area (Å²) in [6, 6.07) is 8.58. The number of nitrogens with one attached hydrogen (secondary N) is 2. The normalized spacial score (nSPS) is 11.5. The molecule has 0 aliphatic rings. The monoisotopic (exact) mass is 352 g/mol. The summed E-state index contributed by atoms with van der Waals surface area (Å²) in [6.45, 7) is 0.964. The quantitative estimate of drug-likeness (QED) is 0.578. The highest BCUT2D eigenvalue weighted by Gasteiger charge is 2.17. The van der Waals surface area contributed by atoms with Gasteiger partial charge in [0.25, 0.3) is 0 Å². The van der Waals surface area contributed by atoms with Crippen molar-refractivity contribution in [1.82, 2.24) is 24.8 Å². The van der Waals surface area contributed by atoms with E-state index in [9.17, 15) is 0 Å². The predicted molar refractivity (Wildman–Crippen MR) is 104 cm³/mol. The van der Waals surface area contributed by atoms with Crippen molar-refractivity contribution in [3.8, 4) is 10.6 Å². The lowest BCUT2D eigenvalue weighted by Gasteiger charge is -2.02. The average molecular weight is 352 g/mol. The van der Waals surface area contributed by atoms with Gasteiger partial charge >= 0.3 is 0 Å². The van der Waals surface area contributed by atoms with Crippen molar-refractivity contribution < 1.29 is 0 Å². The predicted octanol–water partition coefficient (Wildman–Crippen LogP) is 3.05. The van der Waals surface area contributed by atoms with Gasteiger partial charge in [0.05, 0.1) is 6.33 Å². The third kappa shape index (κ3) is 2.75. The van der Waals surface area contributed by atoms with Crippen LogP contribution in [-0.4, -0.2) is 40.2 Å². The van der Waals surface area contributed by atoms with Gasteiger partial charge in [-0.05, 0) is 31.6 Å². The Kier molecular flexibility index (Phi) is 4.10. The van der Waals surface area contributed by atoms with Crippen LogP contribution in [0.2, 0.25) is 0 Å². The molecule has 0 radical (unpaired) electrons. The number of pyridine rings is 1. The molecule has 6 nitrogen and oxygen atoms in total. The zero-order chi connectivity index (χ0) is 17.4. The molecule has 4 aromatic rings. The number of nitrogens with zero attached hydrogens (tertiary/aromatic N) is 4. The lowest BCUT2D eigenvalue weighted by atomic mass is 10.1. The first kappa shape index (κ1) is 16.0. The summed E-state index contributed by atoms with van der Waals surface area (Å²) >= 11 is 1.62. The number of benzene rings is 1. The van der Waals surface area contributed by atoms with Crippen LogP contribution in [0.1, 0.15) is 5.56 Å². The first-order chi connectivity index (χ1) is 12.2. The summed E-state index contributed by atoms with van der Waals surface area (Å²) in [5.74, 6) is 0.793. The minimum Gasteiger partial charge on any atom is -0.371 e. The highest BCUT2D eigenvalue weighted by atomic mass is 32.1. The molecule has 128 valence electrons. The Morgan fingerprint density at radius 3 is 2.84 bits per heavy atom. The zero-order valence-electron chi connectivity index (χ0n) is 14.5. The second kappa shape index (κ2) is 6.42. The molecule has 0 saturated heterocycles. The van der Waals surface area contributed by atoms with Gasteiger partial charge in [0.2, 0.25) is 0 Å². The van der Waals surface area contributed by atoms with E-state index in [0.29, 0.717) is 0 Å². The number of hydrogen-bond donors (Lipinski definition) is 2. The molecule has 0 bridgehead atoms. The Morgan fingerprint density at radius 1 is 1.16 bits per heavy atom. The average Bonchev–Trinajstić information content (AvgIpc) is 3.23. The molecule has 0 saturated carbocycles. The Balaban J connectivity index is 1.87. The number of aromatic nitrogens is 4. The Bertz CT molecular complexity index is 1050. The molecule has 1 aromatic carbocycles. The maximum absolute atomic E-state index is 4.89. The van der Waals surface area contributed by atoms with Gasteiger partial charge in [0, 0.05) is 19.7 Å². The number of likely N-dealkylation sites (N-methyl/N-ethyl adjacent to an activating group) is 1. The molecule has 4 rings (SSSR count). The molecular formula is C18H20N6S. The van der Waals surface area contributed by atoms with E-state index in [1.54, 1.807) is 11.3 Å². The number of hydrogen-bond acceptors (Lipinski definition) is 6. The van der Waals surface area contributed by atoms with Crippen LogP contribution in [0.15, 0.2) is 30.6 Å². The maximum Gasteiger partial charge on any atom is 0.155 e. The number of aryl methyl sites for hydroxylation is 1. The molecule has 0 atom stereocenters. The highest BCUT2D eigenvalue weighted by molar-refractivity contribution is 7.21. The molecule has 3 aromatic heterocycles. The first-order valence-electron chi connectivity index (χ1n) is 8.24. The zero-order valence-corrected chi connectivity index (χ0v) is 15.3.